The molecule has 0 saturated heterocycles. The SMILES string of the molecule is O=C(O)c1cc2cc(Br)ccn2c1Cl. The molecule has 0 spiro atoms. The first-order valence-corrected chi connectivity index (χ1v) is 4.96. The van der Waals surface area contributed by atoms with Gasteiger partial charge >= 0.3 is 5.97 Å². The molecular weight excluding hydrogens is 269 g/mol. The molecule has 0 radical (unpaired) electrons. The number of rotatable bonds is 1. The van der Waals surface area contributed by atoms with Crippen LogP contribution in [-0.4, -0.2) is 15.5 Å². The van der Waals surface area contributed by atoms with E-state index in [0.29, 0.717) is 0 Å². The van der Waals surface area contributed by atoms with E-state index in [1.807, 2.05) is 0 Å². The highest BCUT2D eigenvalue weighted by molar-refractivity contribution is 9.10. The normalized spacial score (nSPS) is 10.7. The Morgan fingerprint density at radius 3 is 2.86 bits per heavy atom. The summed E-state index contributed by atoms with van der Waals surface area (Å²) >= 11 is 9.17. The smallest absolute Gasteiger partial charge is 0.338 e. The zero-order valence-corrected chi connectivity index (χ0v) is 9.21. The summed E-state index contributed by atoms with van der Waals surface area (Å²) in [6, 6.07) is 5.14. The van der Waals surface area contributed by atoms with Crippen LogP contribution >= 0.6 is 27.5 Å². The number of aromatic nitrogens is 1. The molecule has 3 nitrogen and oxygen atoms in total. The highest BCUT2D eigenvalue weighted by atomic mass is 79.9. The van der Waals surface area contributed by atoms with Gasteiger partial charge in [-0.15, -0.1) is 0 Å². The summed E-state index contributed by atoms with van der Waals surface area (Å²) in [5, 5.41) is 9.05. The zero-order valence-electron chi connectivity index (χ0n) is 6.87. The minimum atomic E-state index is -1.02. The van der Waals surface area contributed by atoms with E-state index >= 15 is 0 Å². The van der Waals surface area contributed by atoms with E-state index < -0.39 is 5.97 Å². The van der Waals surface area contributed by atoms with Crippen molar-refractivity contribution in [2.45, 2.75) is 0 Å². The van der Waals surface area contributed by atoms with Gasteiger partial charge in [0.25, 0.3) is 0 Å². The summed E-state index contributed by atoms with van der Waals surface area (Å²) < 4.78 is 2.51. The lowest BCUT2D eigenvalue weighted by Gasteiger charge is -1.96. The van der Waals surface area contributed by atoms with Crippen molar-refractivity contribution >= 4 is 39.0 Å². The van der Waals surface area contributed by atoms with Gasteiger partial charge in [0, 0.05) is 16.2 Å². The summed E-state index contributed by atoms with van der Waals surface area (Å²) in [7, 11) is 0. The predicted octanol–water partition coefficient (Wildman–Crippen LogP) is 3.05. The van der Waals surface area contributed by atoms with Crippen LogP contribution in [0.3, 0.4) is 0 Å². The molecule has 0 atom stereocenters. The fourth-order valence-corrected chi connectivity index (χ4v) is 1.91. The van der Waals surface area contributed by atoms with E-state index in [1.54, 1.807) is 22.7 Å². The van der Waals surface area contributed by atoms with Crippen LogP contribution in [0.4, 0.5) is 0 Å². The average Bonchev–Trinajstić information content (AvgIpc) is 2.43. The number of pyridine rings is 1. The molecule has 0 aliphatic heterocycles. The Labute approximate surface area is 93.0 Å². The summed E-state index contributed by atoms with van der Waals surface area (Å²) in [6.07, 6.45) is 1.72. The van der Waals surface area contributed by atoms with Crippen molar-refractivity contribution in [2.75, 3.05) is 0 Å². The van der Waals surface area contributed by atoms with Crippen LogP contribution < -0.4 is 0 Å². The van der Waals surface area contributed by atoms with Gasteiger partial charge in [-0.2, -0.15) is 0 Å². The van der Waals surface area contributed by atoms with Gasteiger partial charge in [-0.25, -0.2) is 4.79 Å². The van der Waals surface area contributed by atoms with Gasteiger partial charge in [-0.05, 0) is 18.2 Å². The Morgan fingerprint density at radius 1 is 1.50 bits per heavy atom. The minimum absolute atomic E-state index is 0.116. The average molecular weight is 275 g/mol. The molecule has 2 rings (SSSR count). The maximum Gasteiger partial charge on any atom is 0.338 e. The van der Waals surface area contributed by atoms with E-state index in [-0.39, 0.29) is 10.7 Å². The maximum atomic E-state index is 10.8. The molecule has 0 saturated carbocycles. The fraction of sp³-hybridized carbons (Fsp3) is 0. The van der Waals surface area contributed by atoms with Gasteiger partial charge in [0.1, 0.15) is 5.15 Å². The van der Waals surface area contributed by atoms with E-state index in [4.69, 9.17) is 16.7 Å². The number of hydrogen-bond acceptors (Lipinski definition) is 1. The van der Waals surface area contributed by atoms with Crippen molar-refractivity contribution in [3.63, 3.8) is 0 Å². The molecule has 0 fully saturated rings. The largest absolute Gasteiger partial charge is 0.478 e. The van der Waals surface area contributed by atoms with Crippen LogP contribution in [0.25, 0.3) is 5.52 Å². The molecular formula is C9H5BrClNO2. The quantitative estimate of drug-likeness (QED) is 0.868. The predicted molar refractivity (Wildman–Crippen MR) is 57.1 cm³/mol. The second-order valence-corrected chi connectivity index (χ2v) is 4.07. The molecule has 5 heteroatoms. The molecule has 2 aromatic rings. The number of carboxylic acids is 1. The molecule has 0 aromatic carbocycles. The molecule has 14 heavy (non-hydrogen) atoms. The first kappa shape index (κ1) is 9.55. The number of aromatic carboxylic acids is 1. The molecule has 2 aromatic heterocycles. The van der Waals surface area contributed by atoms with Gasteiger partial charge in [0.15, 0.2) is 0 Å². The molecule has 0 aliphatic rings. The fourth-order valence-electron chi connectivity index (χ4n) is 1.27. The zero-order chi connectivity index (χ0) is 10.3. The van der Waals surface area contributed by atoms with Gasteiger partial charge in [-0.3, -0.25) is 0 Å². The molecule has 0 aliphatic carbocycles. The maximum absolute atomic E-state index is 10.8. The van der Waals surface area contributed by atoms with Crippen molar-refractivity contribution < 1.29 is 9.90 Å². The van der Waals surface area contributed by atoms with Crippen molar-refractivity contribution in [1.29, 1.82) is 0 Å². The number of fused-ring (bicyclic) bond motifs is 1. The Balaban J connectivity index is 2.79. The number of hydrogen-bond donors (Lipinski definition) is 1. The third-order valence-electron chi connectivity index (χ3n) is 1.90. The number of halogens is 2. The highest BCUT2D eigenvalue weighted by Gasteiger charge is 2.13. The molecule has 1 N–H and O–H groups in total. The van der Waals surface area contributed by atoms with Crippen LogP contribution in [0.2, 0.25) is 5.15 Å². The first-order valence-electron chi connectivity index (χ1n) is 3.79. The van der Waals surface area contributed by atoms with E-state index in [2.05, 4.69) is 15.9 Å². The van der Waals surface area contributed by atoms with Crippen LogP contribution in [0.1, 0.15) is 10.4 Å². The first-order chi connectivity index (χ1) is 6.59. The van der Waals surface area contributed by atoms with Crippen molar-refractivity contribution in [3.05, 3.63) is 39.6 Å². The Hall–Kier alpha value is -1.00. The van der Waals surface area contributed by atoms with Crippen molar-refractivity contribution in [3.8, 4) is 0 Å². The molecule has 72 valence electrons. The molecule has 0 amide bonds. The monoisotopic (exact) mass is 273 g/mol. The Bertz CT molecular complexity index is 521. The number of carboxylic acid groups (broad SMARTS) is 1. The van der Waals surface area contributed by atoms with Gasteiger partial charge in [-0.1, -0.05) is 27.5 Å². The van der Waals surface area contributed by atoms with Gasteiger partial charge in [0.2, 0.25) is 0 Å². The van der Waals surface area contributed by atoms with Crippen LogP contribution in [0, 0.1) is 0 Å². The lowest BCUT2D eigenvalue weighted by molar-refractivity contribution is 0.0697. The molecule has 0 unspecified atom stereocenters. The van der Waals surface area contributed by atoms with E-state index in [9.17, 15) is 4.79 Å². The third kappa shape index (κ3) is 1.40. The lowest BCUT2D eigenvalue weighted by Crippen LogP contribution is -1.94. The summed E-state index contributed by atoms with van der Waals surface area (Å²) in [5.41, 5.74) is 0.867. The number of carbonyl (C=O) groups is 1. The molecule has 2 heterocycles. The van der Waals surface area contributed by atoms with Crippen LogP contribution in [0.5, 0.6) is 0 Å². The van der Waals surface area contributed by atoms with Crippen LogP contribution in [0.15, 0.2) is 28.9 Å². The van der Waals surface area contributed by atoms with Gasteiger partial charge < -0.3 is 9.51 Å². The Morgan fingerprint density at radius 2 is 2.21 bits per heavy atom. The molecule has 0 bridgehead atoms. The van der Waals surface area contributed by atoms with Crippen LogP contribution in [-0.2, 0) is 0 Å². The second-order valence-electron chi connectivity index (χ2n) is 2.79. The summed E-state index contributed by atoms with van der Waals surface area (Å²) in [6.45, 7) is 0. The minimum Gasteiger partial charge on any atom is -0.478 e. The number of nitrogens with zero attached hydrogens (tertiary/aromatic N) is 1. The van der Waals surface area contributed by atoms with Crippen molar-refractivity contribution in [1.82, 2.24) is 4.40 Å². The second kappa shape index (κ2) is 3.29. The van der Waals surface area contributed by atoms with E-state index in [0.717, 1.165) is 9.99 Å². The summed E-state index contributed by atoms with van der Waals surface area (Å²) in [5.74, 6) is -1.02. The third-order valence-corrected chi connectivity index (χ3v) is 2.78. The standard InChI is InChI=1S/C9H5BrClNO2/c10-5-1-2-12-6(3-5)4-7(8(12)11)9(13)14/h1-4H,(H,13,14). The lowest BCUT2D eigenvalue weighted by atomic mass is 10.3. The van der Waals surface area contributed by atoms with Crippen molar-refractivity contribution in [2.24, 2.45) is 0 Å². The summed E-state index contributed by atoms with van der Waals surface area (Å²) in [4.78, 5) is 10.8. The highest BCUT2D eigenvalue weighted by Crippen LogP contribution is 2.24. The Kier molecular flexibility index (Phi) is 2.25. The van der Waals surface area contributed by atoms with E-state index in [1.165, 1.54) is 6.07 Å². The topological polar surface area (TPSA) is 41.7 Å². The van der Waals surface area contributed by atoms with Gasteiger partial charge in [0.05, 0.1) is 5.56 Å².